The second-order valence-corrected chi connectivity index (χ2v) is 12.0. The van der Waals surface area contributed by atoms with Crippen LogP contribution in [0.5, 0.6) is 0 Å². The molecule has 3 aromatic carbocycles. The summed E-state index contributed by atoms with van der Waals surface area (Å²) >= 11 is 0. The van der Waals surface area contributed by atoms with Crippen LogP contribution >= 0.6 is 0 Å². The predicted molar refractivity (Wildman–Crippen MR) is 161 cm³/mol. The lowest BCUT2D eigenvalue weighted by Gasteiger charge is -2.24. The molecule has 3 aromatic rings. The van der Waals surface area contributed by atoms with Crippen molar-refractivity contribution in [3.63, 3.8) is 0 Å². The second kappa shape index (κ2) is 13.1. The summed E-state index contributed by atoms with van der Waals surface area (Å²) in [6, 6.07) is 22.8. The van der Waals surface area contributed by atoms with E-state index in [0.29, 0.717) is 6.54 Å². The molecule has 42 heavy (non-hydrogen) atoms. The standard InChI is InChI=1S/C34H40N2O6/c1-22(2)30(31(37)40-20-24-13-11-12-23(18-24)19-36(6)33(39)42-34(3,4)5)35-32(38)41-21-29-27-16-9-7-14-25(27)26-15-8-10-17-28(26)29/h7-18,22,29-30H,19-21H2,1-6H3,(H,35,38)/t30-/m0/s1. The zero-order chi connectivity index (χ0) is 30.4. The first-order chi connectivity index (χ1) is 19.9. The minimum atomic E-state index is -0.873. The van der Waals surface area contributed by atoms with E-state index in [1.54, 1.807) is 7.05 Å². The Balaban J connectivity index is 1.31. The van der Waals surface area contributed by atoms with Gasteiger partial charge in [-0.1, -0.05) is 86.6 Å². The molecule has 4 rings (SSSR count). The van der Waals surface area contributed by atoms with Crippen LogP contribution in [-0.2, 0) is 32.2 Å². The maximum atomic E-state index is 13.0. The van der Waals surface area contributed by atoms with Crippen LogP contribution in [0.15, 0.2) is 72.8 Å². The number of nitrogens with zero attached hydrogens (tertiary/aromatic N) is 1. The van der Waals surface area contributed by atoms with Crippen LogP contribution in [0.1, 0.15) is 62.8 Å². The zero-order valence-corrected chi connectivity index (χ0v) is 25.2. The summed E-state index contributed by atoms with van der Waals surface area (Å²) < 4.78 is 16.6. The highest BCUT2D eigenvalue weighted by atomic mass is 16.6. The first-order valence-corrected chi connectivity index (χ1v) is 14.2. The average Bonchev–Trinajstić information content (AvgIpc) is 3.26. The lowest BCUT2D eigenvalue weighted by Crippen LogP contribution is -2.45. The van der Waals surface area contributed by atoms with E-state index in [4.69, 9.17) is 14.2 Å². The highest BCUT2D eigenvalue weighted by Gasteiger charge is 2.31. The number of hydrogen-bond donors (Lipinski definition) is 1. The number of rotatable bonds is 9. The highest BCUT2D eigenvalue weighted by molar-refractivity contribution is 5.82. The molecule has 0 unspecified atom stereocenters. The minimum Gasteiger partial charge on any atom is -0.459 e. The molecule has 0 heterocycles. The molecule has 1 atom stereocenters. The van der Waals surface area contributed by atoms with Gasteiger partial charge in [-0.15, -0.1) is 0 Å². The molecular weight excluding hydrogens is 532 g/mol. The molecule has 1 aliphatic rings. The van der Waals surface area contributed by atoms with Gasteiger partial charge in [0, 0.05) is 19.5 Å². The van der Waals surface area contributed by atoms with Crippen molar-refractivity contribution >= 4 is 18.2 Å². The number of benzene rings is 3. The first-order valence-electron chi connectivity index (χ1n) is 14.2. The maximum absolute atomic E-state index is 13.0. The SMILES string of the molecule is CC(C)[C@H](NC(=O)OCC1c2ccccc2-c2ccccc21)C(=O)OCc1cccc(CN(C)C(=O)OC(C)(C)C)c1. The number of esters is 1. The third kappa shape index (κ3) is 7.69. The Hall–Kier alpha value is -4.33. The van der Waals surface area contributed by atoms with Crippen LogP contribution in [0.3, 0.4) is 0 Å². The van der Waals surface area contributed by atoms with Gasteiger partial charge >= 0.3 is 18.2 Å². The maximum Gasteiger partial charge on any atom is 0.410 e. The van der Waals surface area contributed by atoms with E-state index < -0.39 is 29.8 Å². The van der Waals surface area contributed by atoms with Gasteiger partial charge in [0.25, 0.3) is 0 Å². The molecular formula is C34H40N2O6. The fourth-order valence-electron chi connectivity index (χ4n) is 5.01. The van der Waals surface area contributed by atoms with Crippen molar-refractivity contribution in [2.45, 2.75) is 65.3 Å². The van der Waals surface area contributed by atoms with Crippen LogP contribution in [0.2, 0.25) is 0 Å². The highest BCUT2D eigenvalue weighted by Crippen LogP contribution is 2.44. The summed E-state index contributed by atoms with van der Waals surface area (Å²) in [6.07, 6.45) is -1.09. The summed E-state index contributed by atoms with van der Waals surface area (Å²) in [6.45, 7) is 9.66. The number of carbonyl (C=O) groups is 3. The number of nitrogens with one attached hydrogen (secondary N) is 1. The molecule has 1 aliphatic carbocycles. The van der Waals surface area contributed by atoms with Crippen molar-refractivity contribution in [3.8, 4) is 11.1 Å². The molecule has 0 bridgehead atoms. The van der Waals surface area contributed by atoms with E-state index in [1.165, 1.54) is 4.90 Å². The number of alkyl carbamates (subject to hydrolysis) is 1. The van der Waals surface area contributed by atoms with Crippen LogP contribution in [-0.4, -0.2) is 48.4 Å². The van der Waals surface area contributed by atoms with Crippen molar-refractivity contribution < 1.29 is 28.6 Å². The van der Waals surface area contributed by atoms with E-state index >= 15 is 0 Å². The Bertz CT molecular complexity index is 1380. The van der Waals surface area contributed by atoms with Gasteiger partial charge in [0.2, 0.25) is 0 Å². The fraction of sp³-hybridized carbons (Fsp3) is 0.382. The molecule has 8 nitrogen and oxygen atoms in total. The third-order valence-corrected chi connectivity index (χ3v) is 7.04. The fourth-order valence-corrected chi connectivity index (χ4v) is 5.01. The molecule has 0 aromatic heterocycles. The Morgan fingerprint density at radius 2 is 1.45 bits per heavy atom. The monoisotopic (exact) mass is 572 g/mol. The molecule has 0 spiro atoms. The molecule has 0 saturated heterocycles. The number of carbonyl (C=O) groups excluding carboxylic acids is 3. The topological polar surface area (TPSA) is 94.2 Å². The number of amides is 2. The largest absolute Gasteiger partial charge is 0.459 e. The number of hydrogen-bond acceptors (Lipinski definition) is 6. The minimum absolute atomic E-state index is 0.0262. The van der Waals surface area contributed by atoms with Gasteiger partial charge in [-0.3, -0.25) is 0 Å². The number of fused-ring (bicyclic) bond motifs is 3. The molecule has 8 heteroatoms. The quantitative estimate of drug-likeness (QED) is 0.228. The third-order valence-electron chi connectivity index (χ3n) is 7.04. The molecule has 0 radical (unpaired) electrons. The van der Waals surface area contributed by atoms with E-state index in [0.717, 1.165) is 33.4 Å². The van der Waals surface area contributed by atoms with E-state index in [9.17, 15) is 14.4 Å². The second-order valence-electron chi connectivity index (χ2n) is 12.0. The summed E-state index contributed by atoms with van der Waals surface area (Å²) in [5, 5.41) is 2.70. The summed E-state index contributed by atoms with van der Waals surface area (Å²) in [5.41, 5.74) is 5.58. The normalized spacial score (nSPS) is 13.1. The van der Waals surface area contributed by atoms with Crippen LogP contribution in [0.25, 0.3) is 11.1 Å². The van der Waals surface area contributed by atoms with Gasteiger partial charge in [-0.2, -0.15) is 0 Å². The van der Waals surface area contributed by atoms with Gasteiger partial charge < -0.3 is 24.4 Å². The Labute approximate surface area is 248 Å². The molecule has 0 fully saturated rings. The van der Waals surface area contributed by atoms with E-state index in [2.05, 4.69) is 29.6 Å². The van der Waals surface area contributed by atoms with Crippen molar-refractivity contribution in [3.05, 3.63) is 95.1 Å². The summed E-state index contributed by atoms with van der Waals surface area (Å²) in [7, 11) is 1.67. The first kappa shape index (κ1) is 30.6. The van der Waals surface area contributed by atoms with Crippen LogP contribution in [0, 0.1) is 5.92 Å². The molecule has 222 valence electrons. The summed E-state index contributed by atoms with van der Waals surface area (Å²) in [5.74, 6) is -0.837. The Morgan fingerprint density at radius 3 is 2.05 bits per heavy atom. The van der Waals surface area contributed by atoms with Crippen molar-refractivity contribution in [2.75, 3.05) is 13.7 Å². The van der Waals surface area contributed by atoms with Crippen molar-refractivity contribution in [1.82, 2.24) is 10.2 Å². The Kier molecular flexibility index (Phi) is 9.55. The molecule has 2 amide bonds. The van der Waals surface area contributed by atoms with Gasteiger partial charge in [0.1, 0.15) is 24.9 Å². The summed E-state index contributed by atoms with van der Waals surface area (Å²) in [4.78, 5) is 39.6. The average molecular weight is 573 g/mol. The molecule has 1 N–H and O–H groups in total. The molecule has 0 aliphatic heterocycles. The lowest BCUT2D eigenvalue weighted by atomic mass is 9.98. The van der Waals surface area contributed by atoms with Gasteiger partial charge in [-0.25, -0.2) is 14.4 Å². The molecule has 0 saturated carbocycles. The number of ether oxygens (including phenoxy) is 3. The van der Waals surface area contributed by atoms with Gasteiger partial charge in [0.15, 0.2) is 0 Å². The smallest absolute Gasteiger partial charge is 0.410 e. The zero-order valence-electron chi connectivity index (χ0n) is 25.2. The van der Waals surface area contributed by atoms with Crippen LogP contribution in [0.4, 0.5) is 9.59 Å². The predicted octanol–water partition coefficient (Wildman–Crippen LogP) is 6.66. The van der Waals surface area contributed by atoms with Crippen molar-refractivity contribution in [2.24, 2.45) is 5.92 Å². The van der Waals surface area contributed by atoms with Gasteiger partial charge in [0.05, 0.1) is 0 Å². The lowest BCUT2D eigenvalue weighted by molar-refractivity contribution is -0.148. The van der Waals surface area contributed by atoms with Crippen LogP contribution < -0.4 is 5.32 Å². The Morgan fingerprint density at radius 1 is 0.857 bits per heavy atom. The van der Waals surface area contributed by atoms with E-state index in [1.807, 2.05) is 83.1 Å². The van der Waals surface area contributed by atoms with E-state index in [-0.39, 0.29) is 25.0 Å². The van der Waals surface area contributed by atoms with Crippen molar-refractivity contribution in [1.29, 1.82) is 0 Å². The van der Waals surface area contributed by atoms with Gasteiger partial charge in [-0.05, 0) is 60.1 Å².